The zero-order valence-corrected chi connectivity index (χ0v) is 18.6. The SMILES string of the molecule is COCCOCN(c1ccccc1-c1ccc(Cl)cc1Cl)S(=O)(=O)c1ccccc1. The predicted octanol–water partition coefficient (Wildman–Crippen LogP) is 5.48. The zero-order valence-electron chi connectivity index (χ0n) is 16.3. The number of rotatable bonds is 9. The van der Waals surface area contributed by atoms with Crippen LogP contribution in [-0.2, 0) is 19.5 Å². The molecular formula is C22H21Cl2NO4S. The van der Waals surface area contributed by atoms with Gasteiger partial charge in [0.05, 0.1) is 23.8 Å². The van der Waals surface area contributed by atoms with Crippen molar-refractivity contribution in [1.29, 1.82) is 0 Å². The van der Waals surface area contributed by atoms with E-state index in [1.807, 2.05) is 12.1 Å². The van der Waals surface area contributed by atoms with E-state index in [1.165, 1.54) is 4.31 Å². The van der Waals surface area contributed by atoms with E-state index >= 15 is 0 Å². The number of anilines is 1. The highest BCUT2D eigenvalue weighted by molar-refractivity contribution is 7.92. The number of hydrogen-bond donors (Lipinski definition) is 0. The van der Waals surface area contributed by atoms with Crippen LogP contribution in [0.25, 0.3) is 11.1 Å². The van der Waals surface area contributed by atoms with Crippen LogP contribution in [0.1, 0.15) is 0 Å². The van der Waals surface area contributed by atoms with Crippen molar-refractivity contribution in [2.75, 3.05) is 31.4 Å². The summed E-state index contributed by atoms with van der Waals surface area (Å²) >= 11 is 12.5. The van der Waals surface area contributed by atoms with E-state index in [2.05, 4.69) is 0 Å². The molecule has 158 valence electrons. The van der Waals surface area contributed by atoms with E-state index in [1.54, 1.807) is 67.8 Å². The molecule has 0 aliphatic carbocycles. The van der Waals surface area contributed by atoms with E-state index in [0.29, 0.717) is 33.5 Å². The molecule has 30 heavy (non-hydrogen) atoms. The number of para-hydroxylation sites is 1. The van der Waals surface area contributed by atoms with Crippen molar-refractivity contribution in [3.8, 4) is 11.1 Å². The van der Waals surface area contributed by atoms with Crippen molar-refractivity contribution < 1.29 is 17.9 Å². The van der Waals surface area contributed by atoms with Crippen LogP contribution in [0.4, 0.5) is 5.69 Å². The molecule has 0 aliphatic rings. The summed E-state index contributed by atoms with van der Waals surface area (Å²) in [5.74, 6) is 0. The number of halogens is 2. The molecule has 0 radical (unpaired) electrons. The number of sulfonamides is 1. The van der Waals surface area contributed by atoms with E-state index in [0.717, 1.165) is 0 Å². The highest BCUT2D eigenvalue weighted by Crippen LogP contribution is 2.38. The first kappa shape index (κ1) is 22.6. The average Bonchev–Trinajstić information content (AvgIpc) is 2.74. The molecule has 0 aliphatic heterocycles. The highest BCUT2D eigenvalue weighted by atomic mass is 35.5. The van der Waals surface area contributed by atoms with E-state index in [-0.39, 0.29) is 18.2 Å². The quantitative estimate of drug-likeness (QED) is 0.310. The Morgan fingerprint density at radius 1 is 0.867 bits per heavy atom. The van der Waals surface area contributed by atoms with Crippen molar-refractivity contribution in [2.45, 2.75) is 4.90 Å². The number of ether oxygens (including phenoxy) is 2. The van der Waals surface area contributed by atoms with Crippen LogP contribution in [0.3, 0.4) is 0 Å². The lowest BCUT2D eigenvalue weighted by molar-refractivity contribution is 0.0756. The number of benzene rings is 3. The number of nitrogens with zero attached hydrogens (tertiary/aromatic N) is 1. The molecule has 0 unspecified atom stereocenters. The zero-order chi connectivity index (χ0) is 21.6. The molecule has 3 rings (SSSR count). The summed E-state index contributed by atoms with van der Waals surface area (Å²) in [5.41, 5.74) is 1.76. The molecule has 0 fully saturated rings. The Labute approximate surface area is 186 Å². The topological polar surface area (TPSA) is 55.8 Å². The Hall–Kier alpha value is -2.09. The molecule has 0 N–H and O–H groups in total. The van der Waals surface area contributed by atoms with Crippen molar-refractivity contribution in [3.05, 3.63) is 82.8 Å². The molecule has 3 aromatic carbocycles. The molecule has 8 heteroatoms. The van der Waals surface area contributed by atoms with Gasteiger partial charge in [0.1, 0.15) is 6.73 Å². The molecular weight excluding hydrogens is 445 g/mol. The van der Waals surface area contributed by atoms with Crippen molar-refractivity contribution >= 4 is 38.9 Å². The second kappa shape index (κ2) is 10.3. The van der Waals surface area contributed by atoms with Crippen LogP contribution >= 0.6 is 23.2 Å². The van der Waals surface area contributed by atoms with Gasteiger partial charge in [-0.05, 0) is 30.3 Å². The maximum absolute atomic E-state index is 13.5. The van der Waals surface area contributed by atoms with Crippen LogP contribution in [-0.4, -0.2) is 35.5 Å². The first-order valence-electron chi connectivity index (χ1n) is 9.14. The van der Waals surface area contributed by atoms with E-state index < -0.39 is 10.0 Å². The molecule has 3 aromatic rings. The fraction of sp³-hybridized carbons (Fsp3) is 0.182. The Morgan fingerprint density at radius 3 is 2.27 bits per heavy atom. The minimum Gasteiger partial charge on any atom is -0.382 e. The van der Waals surface area contributed by atoms with Crippen LogP contribution in [0.2, 0.25) is 10.0 Å². The van der Waals surface area contributed by atoms with Gasteiger partial charge >= 0.3 is 0 Å². The normalized spacial score (nSPS) is 11.4. The van der Waals surface area contributed by atoms with Crippen LogP contribution in [0.15, 0.2) is 77.7 Å². The van der Waals surface area contributed by atoms with E-state index in [4.69, 9.17) is 32.7 Å². The Balaban J connectivity index is 2.10. The summed E-state index contributed by atoms with van der Waals surface area (Å²) < 4.78 is 38.8. The second-order valence-corrected chi connectivity index (χ2v) is 9.04. The summed E-state index contributed by atoms with van der Waals surface area (Å²) in [6.45, 7) is 0.424. The molecule has 0 atom stereocenters. The molecule has 0 saturated heterocycles. The summed E-state index contributed by atoms with van der Waals surface area (Å²) in [6.07, 6.45) is 0. The van der Waals surface area contributed by atoms with Gasteiger partial charge in [-0.15, -0.1) is 0 Å². The molecule has 0 saturated carbocycles. The fourth-order valence-corrected chi connectivity index (χ4v) is 4.80. The van der Waals surface area contributed by atoms with Gasteiger partial charge in [-0.1, -0.05) is 65.7 Å². The van der Waals surface area contributed by atoms with Crippen LogP contribution < -0.4 is 4.31 Å². The third-order valence-electron chi connectivity index (χ3n) is 4.37. The highest BCUT2D eigenvalue weighted by Gasteiger charge is 2.27. The van der Waals surface area contributed by atoms with Crippen molar-refractivity contribution in [3.63, 3.8) is 0 Å². The summed E-state index contributed by atoms with van der Waals surface area (Å²) in [6, 6.07) is 20.5. The second-order valence-electron chi connectivity index (χ2n) is 6.34. The molecule has 0 aromatic heterocycles. The standard InChI is InChI=1S/C22H21Cl2NO4S/c1-28-13-14-29-16-25(30(26,27)18-7-3-2-4-8-18)22-10-6-5-9-20(22)19-12-11-17(23)15-21(19)24/h2-12,15H,13-14,16H2,1H3. The fourth-order valence-electron chi connectivity index (χ4n) is 2.90. The predicted molar refractivity (Wildman–Crippen MR) is 121 cm³/mol. The molecule has 0 heterocycles. The van der Waals surface area contributed by atoms with Gasteiger partial charge in [-0.25, -0.2) is 12.7 Å². The Kier molecular flexibility index (Phi) is 7.75. The smallest absolute Gasteiger partial charge is 0.266 e. The molecule has 0 spiro atoms. The summed E-state index contributed by atoms with van der Waals surface area (Å²) in [4.78, 5) is 0.164. The third-order valence-corrected chi connectivity index (χ3v) is 6.66. The van der Waals surface area contributed by atoms with Gasteiger partial charge in [0.2, 0.25) is 0 Å². The molecule has 5 nitrogen and oxygen atoms in total. The molecule has 0 amide bonds. The van der Waals surface area contributed by atoms with Gasteiger partial charge in [-0.3, -0.25) is 0 Å². The van der Waals surface area contributed by atoms with Crippen LogP contribution in [0, 0.1) is 0 Å². The van der Waals surface area contributed by atoms with Gasteiger partial charge in [-0.2, -0.15) is 0 Å². The van der Waals surface area contributed by atoms with Gasteiger partial charge < -0.3 is 9.47 Å². The van der Waals surface area contributed by atoms with Gasteiger partial charge in [0, 0.05) is 28.3 Å². The molecule has 0 bridgehead atoms. The minimum atomic E-state index is -3.89. The number of methoxy groups -OCH3 is 1. The lowest BCUT2D eigenvalue weighted by Crippen LogP contribution is -2.34. The maximum Gasteiger partial charge on any atom is 0.266 e. The summed E-state index contributed by atoms with van der Waals surface area (Å²) in [5, 5.41) is 0.921. The summed E-state index contributed by atoms with van der Waals surface area (Å²) in [7, 11) is -2.34. The first-order valence-corrected chi connectivity index (χ1v) is 11.3. The third kappa shape index (κ3) is 5.14. The minimum absolute atomic E-state index is 0.164. The van der Waals surface area contributed by atoms with Gasteiger partial charge in [0.25, 0.3) is 10.0 Å². The average molecular weight is 466 g/mol. The largest absolute Gasteiger partial charge is 0.382 e. The van der Waals surface area contributed by atoms with E-state index in [9.17, 15) is 8.42 Å². The van der Waals surface area contributed by atoms with Crippen LogP contribution in [0.5, 0.6) is 0 Å². The maximum atomic E-state index is 13.5. The monoisotopic (exact) mass is 465 g/mol. The first-order chi connectivity index (χ1) is 14.4. The van der Waals surface area contributed by atoms with Crippen molar-refractivity contribution in [2.24, 2.45) is 0 Å². The lowest BCUT2D eigenvalue weighted by atomic mass is 10.0. The lowest BCUT2D eigenvalue weighted by Gasteiger charge is -2.27. The van der Waals surface area contributed by atoms with Gasteiger partial charge in [0.15, 0.2) is 0 Å². The Bertz CT molecular complexity index is 1090. The number of hydrogen-bond acceptors (Lipinski definition) is 4. The Morgan fingerprint density at radius 2 is 1.57 bits per heavy atom. The van der Waals surface area contributed by atoms with Crippen molar-refractivity contribution in [1.82, 2.24) is 0 Å².